The highest BCUT2D eigenvalue weighted by Gasteiger charge is 2.15. The predicted molar refractivity (Wildman–Crippen MR) is 144 cm³/mol. The van der Waals surface area contributed by atoms with Crippen molar-refractivity contribution in [1.29, 1.82) is 0 Å². The predicted octanol–water partition coefficient (Wildman–Crippen LogP) is 6.62. The number of hydrogen-bond acceptors (Lipinski definition) is 7. The van der Waals surface area contributed by atoms with Crippen LogP contribution in [0.5, 0.6) is 0 Å². The van der Waals surface area contributed by atoms with Crippen molar-refractivity contribution in [2.75, 3.05) is 37.4 Å². The Balaban J connectivity index is 0.00000121. The van der Waals surface area contributed by atoms with Gasteiger partial charge in [-0.05, 0) is 42.6 Å². The van der Waals surface area contributed by atoms with Crippen LogP contribution in [0.3, 0.4) is 0 Å². The minimum atomic E-state index is -0.332. The normalized spacial score (nSPS) is 13.9. The van der Waals surface area contributed by atoms with Crippen LogP contribution in [0.15, 0.2) is 52.9 Å². The molecule has 0 aromatic heterocycles. The Bertz CT molecular complexity index is 830. The van der Waals surface area contributed by atoms with Crippen LogP contribution in [0.4, 0.5) is 21.5 Å². The molecule has 0 radical (unpaired) electrons. The van der Waals surface area contributed by atoms with Crippen molar-refractivity contribution in [1.82, 2.24) is 15.4 Å². The van der Waals surface area contributed by atoms with Gasteiger partial charge in [0.2, 0.25) is 0 Å². The molecular formula is C23H35ClFN5S2. The van der Waals surface area contributed by atoms with Gasteiger partial charge in [-0.15, -0.1) is 0 Å². The molecule has 2 aromatic rings. The molecular weight excluding hydrogens is 465 g/mol. The zero-order valence-corrected chi connectivity index (χ0v) is 22.0. The first-order chi connectivity index (χ1) is 15.6. The highest BCUT2D eigenvalue weighted by molar-refractivity contribution is 8.04. The fourth-order valence-corrected chi connectivity index (χ4v) is 4.37. The number of likely N-dealkylation sites (N-methyl/N-ethyl adjacent to an activating group) is 2. The van der Waals surface area contributed by atoms with Crippen molar-refractivity contribution in [2.45, 2.75) is 38.1 Å². The second-order valence-electron chi connectivity index (χ2n) is 6.14. The molecule has 1 atom stereocenters. The maximum Gasteiger partial charge on any atom is 0.140 e. The highest BCUT2D eigenvalue weighted by Crippen LogP contribution is 2.35. The van der Waals surface area contributed by atoms with E-state index in [0.29, 0.717) is 15.6 Å². The monoisotopic (exact) mass is 499 g/mol. The second kappa shape index (κ2) is 16.1. The zero-order chi connectivity index (χ0) is 23.9. The van der Waals surface area contributed by atoms with E-state index in [9.17, 15) is 4.39 Å². The summed E-state index contributed by atoms with van der Waals surface area (Å²) in [4.78, 5) is 2.58. The molecule has 1 unspecified atom stereocenters. The molecule has 2 aromatic carbocycles. The molecule has 1 aliphatic rings. The van der Waals surface area contributed by atoms with Gasteiger partial charge in [-0.3, -0.25) is 0 Å². The third-order valence-electron chi connectivity index (χ3n) is 4.11. The summed E-state index contributed by atoms with van der Waals surface area (Å²) in [7, 11) is 3.95. The molecule has 0 spiro atoms. The highest BCUT2D eigenvalue weighted by atomic mass is 35.5. The van der Waals surface area contributed by atoms with Crippen molar-refractivity contribution in [3.63, 3.8) is 0 Å². The van der Waals surface area contributed by atoms with E-state index in [4.69, 9.17) is 11.6 Å². The average molecular weight is 500 g/mol. The van der Waals surface area contributed by atoms with Gasteiger partial charge in [0.1, 0.15) is 11.3 Å². The number of anilines is 3. The Kier molecular flexibility index (Phi) is 14.3. The van der Waals surface area contributed by atoms with Crippen LogP contribution in [0.1, 0.15) is 27.7 Å². The van der Waals surface area contributed by atoms with Crippen LogP contribution in [0.25, 0.3) is 0 Å². The SMILES string of the molecule is CC.CC.CNCCN(C)c1ccccc1Nc1cc(F)c(SNC2NC=CS2)cc1Cl. The van der Waals surface area contributed by atoms with E-state index in [-0.39, 0.29) is 11.3 Å². The topological polar surface area (TPSA) is 51.4 Å². The van der Waals surface area contributed by atoms with Gasteiger partial charge in [0, 0.05) is 32.4 Å². The first kappa shape index (κ1) is 28.5. The van der Waals surface area contributed by atoms with Gasteiger partial charge in [0.05, 0.1) is 27.0 Å². The number of nitrogens with one attached hydrogen (secondary N) is 4. The maximum absolute atomic E-state index is 14.6. The Hall–Kier alpha value is -1.58. The number of thioether (sulfide) groups is 1. The minimum absolute atomic E-state index is 0.0148. The van der Waals surface area contributed by atoms with Crippen molar-refractivity contribution in [2.24, 2.45) is 0 Å². The van der Waals surface area contributed by atoms with Gasteiger partial charge < -0.3 is 20.9 Å². The van der Waals surface area contributed by atoms with Crippen LogP contribution in [-0.2, 0) is 0 Å². The van der Waals surface area contributed by atoms with Crippen LogP contribution in [0, 0.1) is 5.82 Å². The van der Waals surface area contributed by atoms with Gasteiger partial charge in [0.15, 0.2) is 0 Å². The molecule has 0 amide bonds. The first-order valence-corrected chi connectivity index (χ1v) is 12.9. The summed E-state index contributed by atoms with van der Waals surface area (Å²) in [6.07, 6.45) is 1.85. The molecule has 0 saturated heterocycles. The van der Waals surface area contributed by atoms with Crippen LogP contribution < -0.4 is 25.6 Å². The summed E-state index contributed by atoms with van der Waals surface area (Å²) < 4.78 is 17.8. The Labute approximate surface area is 206 Å². The van der Waals surface area contributed by atoms with Crippen LogP contribution in [-0.4, -0.2) is 32.7 Å². The summed E-state index contributed by atoms with van der Waals surface area (Å²) >= 11 is 9.24. The largest absolute Gasteiger partial charge is 0.372 e. The van der Waals surface area contributed by atoms with E-state index in [1.54, 1.807) is 17.8 Å². The molecule has 9 heteroatoms. The number of rotatable bonds is 9. The molecule has 4 N–H and O–H groups in total. The Morgan fingerprint density at radius 3 is 2.53 bits per heavy atom. The number of para-hydroxylation sites is 2. The number of hydrogen-bond donors (Lipinski definition) is 4. The molecule has 0 bridgehead atoms. The Morgan fingerprint density at radius 1 is 1.16 bits per heavy atom. The molecule has 3 rings (SSSR count). The quantitative estimate of drug-likeness (QED) is 0.289. The van der Waals surface area contributed by atoms with Gasteiger partial charge in [0.25, 0.3) is 0 Å². The van der Waals surface area contributed by atoms with Crippen molar-refractivity contribution in [3.05, 3.63) is 58.8 Å². The molecule has 1 heterocycles. The molecule has 1 aliphatic heterocycles. The second-order valence-corrected chi connectivity index (χ2v) is 8.44. The third-order valence-corrected chi connectivity index (χ3v) is 6.28. The summed E-state index contributed by atoms with van der Waals surface area (Å²) in [6.45, 7) is 9.71. The molecule has 0 fully saturated rings. The minimum Gasteiger partial charge on any atom is -0.372 e. The molecule has 32 heavy (non-hydrogen) atoms. The number of nitrogens with zero attached hydrogens (tertiary/aromatic N) is 1. The van der Waals surface area contributed by atoms with Gasteiger partial charge in [-0.2, -0.15) is 0 Å². The van der Waals surface area contributed by atoms with Crippen molar-refractivity contribution < 1.29 is 4.39 Å². The van der Waals surface area contributed by atoms with E-state index < -0.39 is 0 Å². The lowest BCUT2D eigenvalue weighted by Crippen LogP contribution is -2.28. The first-order valence-electron chi connectivity index (χ1n) is 10.8. The molecule has 5 nitrogen and oxygen atoms in total. The van der Waals surface area contributed by atoms with Crippen molar-refractivity contribution >= 4 is 52.4 Å². The van der Waals surface area contributed by atoms with Gasteiger partial charge in [-0.1, -0.05) is 63.2 Å². The van der Waals surface area contributed by atoms with E-state index in [1.807, 2.05) is 77.7 Å². The molecule has 0 aliphatic carbocycles. The third kappa shape index (κ3) is 8.75. The summed E-state index contributed by atoms with van der Waals surface area (Å²) in [5.41, 5.74) is 2.44. The summed E-state index contributed by atoms with van der Waals surface area (Å²) in [5.74, 6) is -0.332. The summed E-state index contributed by atoms with van der Waals surface area (Å²) in [6, 6.07) is 11.0. The van der Waals surface area contributed by atoms with Gasteiger partial charge in [-0.25, -0.2) is 9.11 Å². The van der Waals surface area contributed by atoms with Crippen LogP contribution in [0.2, 0.25) is 5.02 Å². The summed E-state index contributed by atoms with van der Waals surface area (Å²) in [5, 5.41) is 11.9. The van der Waals surface area contributed by atoms with Crippen LogP contribution >= 0.6 is 35.3 Å². The van der Waals surface area contributed by atoms with E-state index in [1.165, 1.54) is 18.0 Å². The van der Waals surface area contributed by atoms with E-state index in [0.717, 1.165) is 24.5 Å². The lowest BCUT2D eigenvalue weighted by molar-refractivity contribution is 0.602. The molecule has 178 valence electrons. The Morgan fingerprint density at radius 2 is 1.88 bits per heavy atom. The average Bonchev–Trinajstić information content (AvgIpc) is 3.35. The lowest BCUT2D eigenvalue weighted by atomic mass is 10.2. The lowest BCUT2D eigenvalue weighted by Gasteiger charge is -2.23. The smallest absolute Gasteiger partial charge is 0.140 e. The van der Waals surface area contributed by atoms with Crippen molar-refractivity contribution in [3.8, 4) is 0 Å². The maximum atomic E-state index is 14.6. The fourth-order valence-electron chi connectivity index (χ4n) is 2.62. The van der Waals surface area contributed by atoms with E-state index >= 15 is 0 Å². The van der Waals surface area contributed by atoms with Gasteiger partial charge >= 0.3 is 0 Å². The zero-order valence-electron chi connectivity index (χ0n) is 19.6. The standard InChI is InChI=1S/C19H23ClFN5S2.2C2H6/c1-22-7-9-26(2)17-6-4-3-5-15(17)24-16-12-14(21)18(11-13(16)20)28-25-19-23-8-10-27-19;2*1-2/h3-6,8,10-12,19,22-25H,7,9H2,1-2H3;2*1-2H3. The fraction of sp³-hybridized carbons (Fsp3) is 0.391. The number of halogens is 2. The number of benzene rings is 2. The molecule has 0 saturated carbocycles. The van der Waals surface area contributed by atoms with E-state index in [2.05, 4.69) is 25.6 Å².